The zero-order valence-corrected chi connectivity index (χ0v) is 13.7. The number of rotatable bonds is 4. The molecule has 5 atom stereocenters. The lowest BCUT2D eigenvalue weighted by atomic mass is 9.97. The van der Waals surface area contributed by atoms with Gasteiger partial charge in [-0.2, -0.15) is 0 Å². The Morgan fingerprint density at radius 3 is 2.68 bits per heavy atom. The second kappa shape index (κ2) is 9.32. The van der Waals surface area contributed by atoms with Gasteiger partial charge in [0.1, 0.15) is 24.4 Å². The van der Waals surface area contributed by atoms with Gasteiger partial charge in [-0.3, -0.25) is 4.79 Å². The minimum atomic E-state index is -1.36. The number of carbonyl (C=O) groups is 1. The zero-order valence-electron chi connectivity index (χ0n) is 13.7. The fourth-order valence-electron chi connectivity index (χ4n) is 2.43. The molecule has 0 saturated carbocycles. The molecular formula is C18H21NO6. The van der Waals surface area contributed by atoms with Gasteiger partial charge in [-0.05, 0) is 23.6 Å². The molecule has 1 fully saturated rings. The van der Waals surface area contributed by atoms with Crippen LogP contribution in [0.25, 0.3) is 6.08 Å². The van der Waals surface area contributed by atoms with Crippen LogP contribution in [-0.4, -0.2) is 65.6 Å². The second-order valence-electron chi connectivity index (χ2n) is 5.45. The van der Waals surface area contributed by atoms with Crippen LogP contribution in [0, 0.1) is 11.8 Å². The van der Waals surface area contributed by atoms with Crippen LogP contribution in [-0.2, 0) is 14.3 Å². The summed E-state index contributed by atoms with van der Waals surface area (Å²) in [7, 11) is 1.33. The first kappa shape index (κ1) is 19.1. The van der Waals surface area contributed by atoms with Crippen LogP contribution < -0.4 is 5.32 Å². The van der Waals surface area contributed by atoms with Gasteiger partial charge >= 0.3 is 0 Å². The normalized spacial score (nSPS) is 29.0. The molecule has 0 aliphatic carbocycles. The fraction of sp³-hybridized carbons (Fsp3) is 0.389. The standard InChI is InChI=1S/C18H21NO6/c1-24-18-15(17(23)16(22)13(11-20)25-18)19-14(21)10-6-5-9-12-7-3-2-4-8-12/h2-5,7-9,13,15-18,20,22-23H,11H2,1H3,(H,19,21). The average Bonchev–Trinajstić information content (AvgIpc) is 2.64. The van der Waals surface area contributed by atoms with Crippen LogP contribution in [0.2, 0.25) is 0 Å². The molecule has 1 saturated heterocycles. The summed E-state index contributed by atoms with van der Waals surface area (Å²) in [6.07, 6.45) is -1.43. The van der Waals surface area contributed by atoms with Crippen molar-refractivity contribution < 1.29 is 29.6 Å². The summed E-state index contributed by atoms with van der Waals surface area (Å²) in [6.45, 7) is -0.483. The maximum atomic E-state index is 11.9. The van der Waals surface area contributed by atoms with Crippen molar-refractivity contribution >= 4 is 12.0 Å². The fourth-order valence-corrected chi connectivity index (χ4v) is 2.43. The Morgan fingerprint density at radius 1 is 1.32 bits per heavy atom. The molecule has 1 amide bonds. The molecule has 1 aliphatic rings. The third-order valence-corrected chi connectivity index (χ3v) is 3.76. The Labute approximate surface area is 145 Å². The monoisotopic (exact) mass is 347 g/mol. The summed E-state index contributed by atoms with van der Waals surface area (Å²) in [5.74, 6) is 4.31. The topological polar surface area (TPSA) is 108 Å². The third-order valence-electron chi connectivity index (χ3n) is 3.76. The van der Waals surface area contributed by atoms with Gasteiger partial charge < -0.3 is 30.1 Å². The molecule has 7 heteroatoms. The molecular weight excluding hydrogens is 326 g/mol. The molecule has 1 aromatic rings. The number of benzene rings is 1. The number of amides is 1. The highest BCUT2D eigenvalue weighted by Gasteiger charge is 2.45. The minimum Gasteiger partial charge on any atom is -0.394 e. The van der Waals surface area contributed by atoms with E-state index >= 15 is 0 Å². The summed E-state index contributed by atoms with van der Waals surface area (Å²) in [6, 6.07) is 8.46. The number of hydrogen-bond acceptors (Lipinski definition) is 6. The Balaban J connectivity index is 1.97. The first-order valence-electron chi connectivity index (χ1n) is 7.75. The zero-order chi connectivity index (χ0) is 18.2. The van der Waals surface area contributed by atoms with Crippen LogP contribution in [0.3, 0.4) is 0 Å². The quantitative estimate of drug-likeness (QED) is 0.535. The highest BCUT2D eigenvalue weighted by Crippen LogP contribution is 2.21. The molecule has 0 aromatic heterocycles. The van der Waals surface area contributed by atoms with Crippen LogP contribution in [0.1, 0.15) is 5.56 Å². The van der Waals surface area contributed by atoms with E-state index in [1.54, 1.807) is 6.08 Å². The number of aliphatic hydroxyl groups is 3. The molecule has 134 valence electrons. The Hall–Kier alpha value is -2.21. The largest absolute Gasteiger partial charge is 0.394 e. The Morgan fingerprint density at radius 2 is 2.04 bits per heavy atom. The van der Waals surface area contributed by atoms with Crippen molar-refractivity contribution in [3.05, 3.63) is 42.0 Å². The number of carbonyl (C=O) groups excluding carboxylic acids is 1. The number of ether oxygens (including phenoxy) is 2. The van der Waals surface area contributed by atoms with Gasteiger partial charge in [0.25, 0.3) is 5.91 Å². The lowest BCUT2D eigenvalue weighted by Crippen LogP contribution is -2.64. The number of hydrogen-bond donors (Lipinski definition) is 4. The van der Waals surface area contributed by atoms with Crippen LogP contribution in [0.15, 0.2) is 36.4 Å². The van der Waals surface area contributed by atoms with Crippen LogP contribution in [0.5, 0.6) is 0 Å². The predicted molar refractivity (Wildman–Crippen MR) is 90.0 cm³/mol. The van der Waals surface area contributed by atoms with E-state index in [0.717, 1.165) is 5.56 Å². The SMILES string of the molecule is COC1OC(CO)C(O)C(O)C1NC(=O)C#CC=Cc1ccccc1. The van der Waals surface area contributed by atoms with Crippen molar-refractivity contribution in [2.45, 2.75) is 30.6 Å². The Kier molecular flexibility index (Phi) is 7.13. The highest BCUT2D eigenvalue weighted by atomic mass is 16.7. The van der Waals surface area contributed by atoms with E-state index in [2.05, 4.69) is 17.2 Å². The van der Waals surface area contributed by atoms with Gasteiger partial charge in [0, 0.05) is 7.11 Å². The van der Waals surface area contributed by atoms with Gasteiger partial charge in [-0.15, -0.1) is 0 Å². The predicted octanol–water partition coefficient (Wildman–Crippen LogP) is -0.727. The van der Waals surface area contributed by atoms with Crippen molar-refractivity contribution in [2.24, 2.45) is 0 Å². The van der Waals surface area contributed by atoms with Crippen LogP contribution >= 0.6 is 0 Å². The number of aliphatic hydroxyl groups excluding tert-OH is 3. The van der Waals surface area contributed by atoms with Gasteiger partial charge in [-0.25, -0.2) is 0 Å². The summed E-state index contributed by atoms with van der Waals surface area (Å²) in [5.41, 5.74) is 0.950. The summed E-state index contributed by atoms with van der Waals surface area (Å²) >= 11 is 0. The molecule has 1 aromatic carbocycles. The van der Waals surface area contributed by atoms with E-state index in [1.165, 1.54) is 13.2 Å². The van der Waals surface area contributed by atoms with E-state index < -0.39 is 43.2 Å². The van der Waals surface area contributed by atoms with Crippen LogP contribution in [0.4, 0.5) is 0 Å². The molecule has 4 N–H and O–H groups in total. The van der Waals surface area contributed by atoms with Crippen molar-refractivity contribution in [3.63, 3.8) is 0 Å². The van der Waals surface area contributed by atoms with E-state index in [9.17, 15) is 15.0 Å². The Bertz CT molecular complexity index is 649. The highest BCUT2D eigenvalue weighted by molar-refractivity contribution is 5.94. The number of methoxy groups -OCH3 is 1. The molecule has 0 bridgehead atoms. The molecule has 1 heterocycles. The molecule has 0 radical (unpaired) electrons. The summed E-state index contributed by atoms with van der Waals surface area (Å²) in [4.78, 5) is 11.9. The molecule has 1 aliphatic heterocycles. The molecule has 25 heavy (non-hydrogen) atoms. The maximum absolute atomic E-state index is 11.9. The molecule has 0 spiro atoms. The molecule has 5 unspecified atom stereocenters. The smallest absolute Gasteiger partial charge is 0.296 e. The lowest BCUT2D eigenvalue weighted by Gasteiger charge is -2.41. The molecule has 2 rings (SSSR count). The van der Waals surface area contributed by atoms with Crippen molar-refractivity contribution in [2.75, 3.05) is 13.7 Å². The van der Waals surface area contributed by atoms with Crippen molar-refractivity contribution in [1.29, 1.82) is 0 Å². The van der Waals surface area contributed by atoms with E-state index in [4.69, 9.17) is 14.6 Å². The van der Waals surface area contributed by atoms with E-state index in [1.807, 2.05) is 30.3 Å². The number of nitrogens with one attached hydrogen (secondary N) is 1. The number of allylic oxidation sites excluding steroid dienone is 1. The summed E-state index contributed by atoms with van der Waals surface area (Å²) in [5, 5.41) is 31.6. The average molecular weight is 347 g/mol. The van der Waals surface area contributed by atoms with E-state index in [0.29, 0.717) is 0 Å². The van der Waals surface area contributed by atoms with Gasteiger partial charge in [0.2, 0.25) is 0 Å². The van der Waals surface area contributed by atoms with Crippen molar-refractivity contribution in [1.82, 2.24) is 5.32 Å². The first-order valence-corrected chi connectivity index (χ1v) is 7.75. The lowest BCUT2D eigenvalue weighted by molar-refractivity contribution is -0.262. The third kappa shape index (κ3) is 5.13. The maximum Gasteiger partial charge on any atom is 0.296 e. The summed E-state index contributed by atoms with van der Waals surface area (Å²) < 4.78 is 10.4. The van der Waals surface area contributed by atoms with Crippen molar-refractivity contribution in [3.8, 4) is 11.8 Å². The van der Waals surface area contributed by atoms with Gasteiger partial charge in [0.05, 0.1) is 6.61 Å². The minimum absolute atomic E-state index is 0.483. The van der Waals surface area contributed by atoms with Gasteiger partial charge in [0.15, 0.2) is 6.29 Å². The van der Waals surface area contributed by atoms with Gasteiger partial charge in [-0.1, -0.05) is 36.3 Å². The first-order chi connectivity index (χ1) is 12.1. The molecule has 7 nitrogen and oxygen atoms in total. The van der Waals surface area contributed by atoms with E-state index in [-0.39, 0.29) is 0 Å². The second-order valence-corrected chi connectivity index (χ2v) is 5.45.